The Morgan fingerprint density at radius 3 is 2.48 bits per heavy atom. The molecule has 0 fully saturated rings. The molecule has 0 radical (unpaired) electrons. The van der Waals surface area contributed by atoms with E-state index in [1.54, 1.807) is 0 Å². The Morgan fingerprint density at radius 1 is 0.852 bits per heavy atom. The van der Waals surface area contributed by atoms with Gasteiger partial charge in [0.05, 0.1) is 0 Å². The maximum absolute atomic E-state index is 6.27. The average molecular weight is 553 g/mol. The number of benzene rings is 3. The topological polar surface area (TPSA) is 0 Å². The van der Waals surface area contributed by atoms with Crippen LogP contribution >= 0.6 is 24.8 Å². The number of hydrogen-bond donors (Lipinski definition) is 0. The molecular formula is C22H15BrCl2SZr. The molecule has 0 aliphatic heterocycles. The Morgan fingerprint density at radius 2 is 1.63 bits per heavy atom. The molecule has 27 heavy (non-hydrogen) atoms. The van der Waals surface area contributed by atoms with Gasteiger partial charge in [-0.15, -0.1) is 0 Å². The van der Waals surface area contributed by atoms with Crippen molar-refractivity contribution in [1.29, 1.82) is 0 Å². The quantitative estimate of drug-likeness (QED) is 0.316. The summed E-state index contributed by atoms with van der Waals surface area (Å²) < 4.78 is 4.12. The number of hydrogen-bond acceptors (Lipinski definition) is 1. The van der Waals surface area contributed by atoms with Gasteiger partial charge in [-0.05, 0) is 0 Å². The molecule has 0 saturated carbocycles. The van der Waals surface area contributed by atoms with Gasteiger partial charge >= 0.3 is 168 Å². The minimum absolute atomic E-state index is 0. The van der Waals surface area contributed by atoms with E-state index in [2.05, 4.69) is 82.7 Å². The van der Waals surface area contributed by atoms with Crippen LogP contribution < -0.4 is 31.4 Å². The minimum atomic E-state index is -2.36. The van der Waals surface area contributed by atoms with E-state index in [4.69, 9.17) is 8.86 Å². The zero-order valence-electron chi connectivity index (χ0n) is 14.3. The van der Waals surface area contributed by atoms with E-state index in [0.717, 1.165) is 12.8 Å². The van der Waals surface area contributed by atoms with Gasteiger partial charge in [0.15, 0.2) is 0 Å². The average Bonchev–Trinajstić information content (AvgIpc) is 3.26. The van der Waals surface area contributed by atoms with Crippen molar-refractivity contribution in [3.8, 4) is 11.1 Å². The van der Waals surface area contributed by atoms with Crippen molar-refractivity contribution in [2.45, 2.75) is 12.8 Å². The Bertz CT molecular complexity index is 1090. The summed E-state index contributed by atoms with van der Waals surface area (Å²) >= 11 is 1.41. The van der Waals surface area contributed by atoms with E-state index in [-0.39, 0.29) is 24.8 Å². The second-order valence-corrected chi connectivity index (χ2v) is 14.1. The maximum atomic E-state index is 6.27. The summed E-state index contributed by atoms with van der Waals surface area (Å²) in [7, 11) is 6.27. The zero-order chi connectivity index (χ0) is 17.0. The number of allylic oxidation sites excluding steroid dienone is 1. The third kappa shape index (κ3) is 3.51. The van der Waals surface area contributed by atoms with Crippen LogP contribution in [0.5, 0.6) is 0 Å². The Labute approximate surface area is 191 Å². The van der Waals surface area contributed by atoms with Crippen molar-refractivity contribution < 1.29 is 44.5 Å². The standard InChI is InChI=1S/C13H8Br.C9H7.2ClH.S.Zr/c14-13-7-3-6-11-10-5-2-1-4-9(10)8-12(11)13;1-2-5-9-7-3-6-8(9)4-1;;;;/h1-5,7H,8H2;1-4,7H,6H2;2*1H;;/q;;;;;+2/p-2. The summed E-state index contributed by atoms with van der Waals surface area (Å²) in [5.74, 6) is 0. The first-order valence-corrected chi connectivity index (χ1v) is 15.1. The van der Waals surface area contributed by atoms with Crippen LogP contribution in [0.2, 0.25) is 0 Å². The van der Waals surface area contributed by atoms with Gasteiger partial charge in [0.25, 0.3) is 0 Å². The fourth-order valence-electron chi connectivity index (χ4n) is 4.04. The van der Waals surface area contributed by atoms with Gasteiger partial charge < -0.3 is 24.8 Å². The third-order valence-corrected chi connectivity index (χ3v) is 13.1. The molecule has 3 aromatic rings. The van der Waals surface area contributed by atoms with E-state index < -0.39 is 19.7 Å². The molecule has 0 nitrogen and oxygen atoms in total. The van der Waals surface area contributed by atoms with Gasteiger partial charge in [0.1, 0.15) is 0 Å². The van der Waals surface area contributed by atoms with E-state index in [0.29, 0.717) is 0 Å². The van der Waals surface area contributed by atoms with Crippen LogP contribution in [0, 0.1) is 0 Å². The zero-order valence-corrected chi connectivity index (χ0v) is 20.7. The van der Waals surface area contributed by atoms with Crippen molar-refractivity contribution in [3.63, 3.8) is 0 Å². The van der Waals surface area contributed by atoms with Crippen molar-refractivity contribution in [1.82, 2.24) is 0 Å². The fraction of sp³-hybridized carbons (Fsp3) is 0.0909. The summed E-state index contributed by atoms with van der Waals surface area (Å²) in [4.78, 5) is 0. The second-order valence-electron chi connectivity index (χ2n) is 6.60. The van der Waals surface area contributed by atoms with Crippen LogP contribution in [0.15, 0.2) is 65.1 Å². The van der Waals surface area contributed by atoms with Gasteiger partial charge in [0.2, 0.25) is 0 Å². The molecule has 5 heteroatoms. The van der Waals surface area contributed by atoms with Crippen LogP contribution in [0.3, 0.4) is 0 Å². The Balaban J connectivity index is 0.00000105. The first-order valence-electron chi connectivity index (χ1n) is 8.47. The van der Waals surface area contributed by atoms with Gasteiger partial charge in [-0.25, -0.2) is 0 Å². The van der Waals surface area contributed by atoms with Crippen LogP contribution in [0.1, 0.15) is 22.3 Å². The third-order valence-electron chi connectivity index (χ3n) is 5.22. The van der Waals surface area contributed by atoms with E-state index in [1.165, 1.54) is 44.4 Å². The van der Waals surface area contributed by atoms with Gasteiger partial charge in [0, 0.05) is 0 Å². The molecule has 0 saturated heterocycles. The van der Waals surface area contributed by atoms with Crippen molar-refractivity contribution in [2.75, 3.05) is 0 Å². The molecule has 2 aliphatic rings. The monoisotopic (exact) mass is 550 g/mol. The predicted molar refractivity (Wildman–Crippen MR) is 108 cm³/mol. The molecule has 0 atom stereocenters. The summed E-state index contributed by atoms with van der Waals surface area (Å²) in [5, 5.41) is 0. The van der Waals surface area contributed by atoms with Crippen molar-refractivity contribution >= 4 is 37.4 Å². The molecule has 0 bridgehead atoms. The Hall–Kier alpha value is -0.437. The van der Waals surface area contributed by atoms with Gasteiger partial charge in [-0.3, -0.25) is 0 Å². The van der Waals surface area contributed by atoms with Crippen LogP contribution in [0.4, 0.5) is 0 Å². The molecule has 0 amide bonds. The Kier molecular flexibility index (Phi) is 6.71. The number of fused-ring (bicyclic) bond motifs is 4. The molecule has 0 heterocycles. The first kappa shape index (κ1) is 21.3. The van der Waals surface area contributed by atoms with Crippen LogP contribution in [-0.2, 0) is 32.6 Å². The molecule has 2 aliphatic carbocycles. The molecule has 0 spiro atoms. The van der Waals surface area contributed by atoms with Gasteiger partial charge in [-0.1, -0.05) is 0 Å². The van der Waals surface area contributed by atoms with E-state index in [1.807, 2.05) is 0 Å². The molecule has 0 unspecified atom stereocenters. The predicted octanol–water partition coefficient (Wildman–Crippen LogP) is -0.721. The van der Waals surface area contributed by atoms with E-state index >= 15 is 0 Å². The van der Waals surface area contributed by atoms with E-state index in [9.17, 15) is 0 Å². The molecular weight excluding hydrogens is 538 g/mol. The summed E-state index contributed by atoms with van der Waals surface area (Å²) in [6, 6.07) is 20.0. The molecule has 5 rings (SSSR count). The molecule has 0 N–H and O–H groups in total. The molecule has 0 aromatic heterocycles. The SMILES string of the molecule is [Cl-].[Cl-].[S]=[Zr+2]([c]1cccc2c1C=CC2)[c]1ccc(Br)c2c1-c1ccccc1C2. The van der Waals surface area contributed by atoms with Crippen molar-refractivity contribution in [3.05, 3.63) is 87.4 Å². The van der Waals surface area contributed by atoms with Crippen LogP contribution in [-0.4, -0.2) is 0 Å². The summed E-state index contributed by atoms with van der Waals surface area (Å²) in [5.41, 5.74) is 8.51. The number of halogens is 3. The summed E-state index contributed by atoms with van der Waals surface area (Å²) in [6.45, 7) is 0. The van der Waals surface area contributed by atoms with Crippen LogP contribution in [0.25, 0.3) is 17.2 Å². The molecule has 3 aromatic carbocycles. The fourth-order valence-corrected chi connectivity index (χ4v) is 10.9. The normalized spacial score (nSPS) is 12.1. The first-order chi connectivity index (χ1) is 12.2. The summed E-state index contributed by atoms with van der Waals surface area (Å²) in [6.07, 6.45) is 6.61. The van der Waals surface area contributed by atoms with Crippen molar-refractivity contribution in [2.24, 2.45) is 0 Å². The van der Waals surface area contributed by atoms with Gasteiger partial charge in [-0.2, -0.15) is 0 Å². The second kappa shape index (κ2) is 8.51. The number of rotatable bonds is 2. The molecule has 134 valence electrons.